The smallest absolute Gasteiger partial charge is 0.142 e. The van der Waals surface area contributed by atoms with Crippen LogP contribution in [0.1, 0.15) is 31.2 Å². The molecule has 3 nitrogen and oxygen atoms in total. The molecule has 0 aliphatic carbocycles. The van der Waals surface area contributed by atoms with Crippen LogP contribution in [0.5, 0.6) is 0 Å². The molecule has 0 spiro atoms. The highest BCUT2D eigenvalue weighted by molar-refractivity contribution is 5.80. The zero-order valence-electron chi connectivity index (χ0n) is 14.5. The summed E-state index contributed by atoms with van der Waals surface area (Å²) in [6.07, 6.45) is 5.25. The van der Waals surface area contributed by atoms with Crippen LogP contribution in [-0.4, -0.2) is 22.6 Å². The maximum Gasteiger partial charge on any atom is 0.142 e. The van der Waals surface area contributed by atoms with E-state index >= 15 is 0 Å². The average Bonchev–Trinajstić information content (AvgIpc) is 3.07. The Labute approximate surface area is 148 Å². The SMILES string of the molecule is c1ccc(-c2nc3n(c2N2CCCCCC2)Cc2ccccc2-3)cc1. The molecular weight excluding hydrogens is 306 g/mol. The van der Waals surface area contributed by atoms with Crippen LogP contribution in [0.2, 0.25) is 0 Å². The van der Waals surface area contributed by atoms with Gasteiger partial charge in [0.1, 0.15) is 17.3 Å². The van der Waals surface area contributed by atoms with Gasteiger partial charge < -0.3 is 9.47 Å². The van der Waals surface area contributed by atoms with Gasteiger partial charge in [0.25, 0.3) is 0 Å². The lowest BCUT2D eigenvalue weighted by Crippen LogP contribution is -2.27. The van der Waals surface area contributed by atoms with Gasteiger partial charge in [-0.05, 0) is 18.4 Å². The topological polar surface area (TPSA) is 21.1 Å². The van der Waals surface area contributed by atoms with E-state index in [1.807, 2.05) is 0 Å². The van der Waals surface area contributed by atoms with Gasteiger partial charge in [0.05, 0.1) is 6.54 Å². The highest BCUT2D eigenvalue weighted by atomic mass is 15.3. The summed E-state index contributed by atoms with van der Waals surface area (Å²) >= 11 is 0. The third-order valence-corrected chi connectivity index (χ3v) is 5.48. The van der Waals surface area contributed by atoms with Crippen molar-refractivity contribution < 1.29 is 0 Å². The number of aromatic nitrogens is 2. The summed E-state index contributed by atoms with van der Waals surface area (Å²) in [5.74, 6) is 2.45. The van der Waals surface area contributed by atoms with Gasteiger partial charge in [-0.2, -0.15) is 0 Å². The molecule has 0 N–H and O–H groups in total. The number of benzene rings is 2. The average molecular weight is 329 g/mol. The van der Waals surface area contributed by atoms with Crippen molar-refractivity contribution in [2.45, 2.75) is 32.2 Å². The minimum Gasteiger partial charge on any atom is -0.356 e. The van der Waals surface area contributed by atoms with Crippen LogP contribution in [0.4, 0.5) is 5.82 Å². The zero-order chi connectivity index (χ0) is 16.6. The van der Waals surface area contributed by atoms with Gasteiger partial charge in [0, 0.05) is 24.2 Å². The Morgan fingerprint density at radius 1 is 0.760 bits per heavy atom. The number of hydrogen-bond donors (Lipinski definition) is 0. The van der Waals surface area contributed by atoms with E-state index in [1.165, 1.54) is 48.2 Å². The van der Waals surface area contributed by atoms with Crippen molar-refractivity contribution in [3.63, 3.8) is 0 Å². The largest absolute Gasteiger partial charge is 0.356 e. The molecule has 0 unspecified atom stereocenters. The quantitative estimate of drug-likeness (QED) is 0.518. The lowest BCUT2D eigenvalue weighted by atomic mass is 10.1. The van der Waals surface area contributed by atoms with Crippen molar-refractivity contribution in [1.29, 1.82) is 0 Å². The molecule has 0 amide bonds. The third kappa shape index (κ3) is 2.46. The number of nitrogens with zero attached hydrogens (tertiary/aromatic N) is 3. The van der Waals surface area contributed by atoms with Crippen LogP contribution in [0.3, 0.4) is 0 Å². The van der Waals surface area contributed by atoms with E-state index in [0.29, 0.717) is 0 Å². The van der Waals surface area contributed by atoms with E-state index in [0.717, 1.165) is 31.2 Å². The Balaban J connectivity index is 1.69. The molecule has 5 rings (SSSR count). The monoisotopic (exact) mass is 329 g/mol. The standard InChI is InChI=1S/C22H23N3/c1-2-9-15-24(14-8-1)22-20(17-10-4-3-5-11-17)23-21-19-13-7-6-12-18(19)16-25(21)22/h3-7,10-13H,1-2,8-9,14-16H2. The lowest BCUT2D eigenvalue weighted by Gasteiger charge is -2.24. The molecule has 0 saturated carbocycles. The van der Waals surface area contributed by atoms with Gasteiger partial charge >= 0.3 is 0 Å². The maximum absolute atomic E-state index is 5.13. The highest BCUT2D eigenvalue weighted by Gasteiger charge is 2.29. The van der Waals surface area contributed by atoms with E-state index in [1.54, 1.807) is 0 Å². The molecule has 25 heavy (non-hydrogen) atoms. The number of anilines is 1. The first-order valence-electron chi connectivity index (χ1n) is 9.41. The van der Waals surface area contributed by atoms with Gasteiger partial charge in [-0.1, -0.05) is 67.4 Å². The lowest BCUT2D eigenvalue weighted by molar-refractivity contribution is 0.726. The molecule has 0 bridgehead atoms. The van der Waals surface area contributed by atoms with E-state index < -0.39 is 0 Å². The van der Waals surface area contributed by atoms with Crippen molar-refractivity contribution in [3.05, 3.63) is 60.2 Å². The van der Waals surface area contributed by atoms with Crippen LogP contribution in [0.25, 0.3) is 22.6 Å². The van der Waals surface area contributed by atoms with Crippen molar-refractivity contribution >= 4 is 5.82 Å². The molecule has 2 aromatic carbocycles. The first-order valence-corrected chi connectivity index (χ1v) is 9.41. The normalized spacial score (nSPS) is 16.4. The van der Waals surface area contributed by atoms with Gasteiger partial charge in [-0.15, -0.1) is 0 Å². The van der Waals surface area contributed by atoms with Crippen molar-refractivity contribution in [1.82, 2.24) is 9.55 Å². The Kier molecular flexibility index (Phi) is 3.58. The summed E-state index contributed by atoms with van der Waals surface area (Å²) in [6, 6.07) is 19.4. The van der Waals surface area contributed by atoms with Gasteiger partial charge in [-0.3, -0.25) is 0 Å². The Morgan fingerprint density at radius 2 is 1.48 bits per heavy atom. The molecule has 3 heteroatoms. The summed E-state index contributed by atoms with van der Waals surface area (Å²) in [6.45, 7) is 3.22. The van der Waals surface area contributed by atoms with Crippen LogP contribution < -0.4 is 4.90 Å². The molecule has 3 aromatic rings. The molecule has 1 saturated heterocycles. The second-order valence-corrected chi connectivity index (χ2v) is 7.12. The van der Waals surface area contributed by atoms with E-state index in [9.17, 15) is 0 Å². The Hall–Kier alpha value is -2.55. The van der Waals surface area contributed by atoms with Crippen molar-refractivity contribution in [2.24, 2.45) is 0 Å². The number of imidazole rings is 1. The molecule has 0 radical (unpaired) electrons. The van der Waals surface area contributed by atoms with Gasteiger partial charge in [-0.25, -0.2) is 4.98 Å². The molecule has 2 aliphatic heterocycles. The minimum atomic E-state index is 0.942. The van der Waals surface area contributed by atoms with Crippen molar-refractivity contribution in [2.75, 3.05) is 18.0 Å². The van der Waals surface area contributed by atoms with E-state index in [2.05, 4.69) is 64.1 Å². The van der Waals surface area contributed by atoms with Crippen LogP contribution >= 0.6 is 0 Å². The highest BCUT2D eigenvalue weighted by Crippen LogP contribution is 2.41. The molecule has 2 aliphatic rings. The summed E-state index contributed by atoms with van der Waals surface area (Å²) in [7, 11) is 0. The van der Waals surface area contributed by atoms with E-state index in [4.69, 9.17) is 4.98 Å². The fourth-order valence-corrected chi connectivity index (χ4v) is 4.24. The van der Waals surface area contributed by atoms with Crippen LogP contribution in [0.15, 0.2) is 54.6 Å². The first-order chi connectivity index (χ1) is 12.4. The molecule has 126 valence electrons. The number of fused-ring (bicyclic) bond motifs is 3. The Morgan fingerprint density at radius 3 is 2.28 bits per heavy atom. The summed E-state index contributed by atoms with van der Waals surface area (Å²) in [5, 5.41) is 0. The molecular formula is C22H23N3. The van der Waals surface area contributed by atoms with Crippen LogP contribution in [0, 0.1) is 0 Å². The first kappa shape index (κ1) is 14.8. The summed E-state index contributed by atoms with van der Waals surface area (Å²) in [4.78, 5) is 7.71. The van der Waals surface area contributed by atoms with E-state index in [-0.39, 0.29) is 0 Å². The maximum atomic E-state index is 5.13. The molecule has 1 fully saturated rings. The predicted octanol–water partition coefficient (Wildman–Crippen LogP) is 4.96. The summed E-state index contributed by atoms with van der Waals surface area (Å²) in [5.41, 5.74) is 5.05. The summed E-state index contributed by atoms with van der Waals surface area (Å²) < 4.78 is 2.44. The van der Waals surface area contributed by atoms with Crippen LogP contribution in [-0.2, 0) is 6.54 Å². The second-order valence-electron chi connectivity index (χ2n) is 7.12. The number of rotatable bonds is 2. The fourth-order valence-electron chi connectivity index (χ4n) is 4.24. The van der Waals surface area contributed by atoms with Crippen molar-refractivity contribution in [3.8, 4) is 22.6 Å². The number of hydrogen-bond acceptors (Lipinski definition) is 2. The minimum absolute atomic E-state index is 0.942. The third-order valence-electron chi connectivity index (χ3n) is 5.48. The van der Waals surface area contributed by atoms with Gasteiger partial charge in [0.2, 0.25) is 0 Å². The molecule has 0 atom stereocenters. The molecule has 3 heterocycles. The zero-order valence-corrected chi connectivity index (χ0v) is 14.5. The second kappa shape index (κ2) is 6.07. The Bertz CT molecular complexity index is 887. The van der Waals surface area contributed by atoms with Gasteiger partial charge in [0.15, 0.2) is 0 Å². The molecule has 1 aromatic heterocycles. The fraction of sp³-hybridized carbons (Fsp3) is 0.318. The predicted molar refractivity (Wildman–Crippen MR) is 103 cm³/mol.